The number of rotatable bonds is 6. The maximum Gasteiger partial charge on any atom is 0.227 e. The molecule has 140 valence electrons. The molecular weight excluding hydrogens is 338 g/mol. The fraction of sp³-hybridized carbons (Fsp3) is 0.364. The smallest absolute Gasteiger partial charge is 0.227 e. The van der Waals surface area contributed by atoms with E-state index in [1.165, 1.54) is 0 Å². The number of nitrogens with zero attached hydrogens (tertiary/aromatic N) is 3. The Hall–Kier alpha value is -2.82. The van der Waals surface area contributed by atoms with Crippen LogP contribution < -0.4 is 9.64 Å². The Balaban J connectivity index is 1.65. The number of fused-ring (bicyclic) bond motifs is 1. The summed E-state index contributed by atoms with van der Waals surface area (Å²) in [6.07, 6.45) is 2.74. The Kier molecular flexibility index (Phi) is 4.84. The van der Waals surface area contributed by atoms with Gasteiger partial charge in [0.05, 0.1) is 18.1 Å². The highest BCUT2D eigenvalue weighted by molar-refractivity contribution is 5.96. The van der Waals surface area contributed by atoms with Crippen LogP contribution in [0.1, 0.15) is 37.9 Å². The molecule has 2 heterocycles. The van der Waals surface area contributed by atoms with Gasteiger partial charge in [-0.1, -0.05) is 25.5 Å². The highest BCUT2D eigenvalue weighted by Gasteiger charge is 2.34. The average molecular weight is 363 g/mol. The fourth-order valence-corrected chi connectivity index (χ4v) is 3.85. The van der Waals surface area contributed by atoms with Gasteiger partial charge in [0.15, 0.2) is 0 Å². The van der Waals surface area contributed by atoms with E-state index >= 15 is 0 Å². The lowest BCUT2D eigenvalue weighted by Gasteiger charge is -2.17. The van der Waals surface area contributed by atoms with Crippen molar-refractivity contribution in [1.29, 1.82) is 0 Å². The quantitative estimate of drug-likeness (QED) is 0.653. The standard InChI is InChI=1S/C22H25N3O2/c1-3-4-13-24-20-8-6-5-7-19(20)23-22(24)16-14-21(26)25(15-16)17-9-11-18(27-2)12-10-17/h5-12,16H,3-4,13-15H2,1-2H3/t16-/m0/s1. The molecule has 1 saturated heterocycles. The first-order valence-corrected chi connectivity index (χ1v) is 9.61. The van der Waals surface area contributed by atoms with E-state index < -0.39 is 0 Å². The van der Waals surface area contributed by atoms with E-state index in [1.54, 1.807) is 7.11 Å². The summed E-state index contributed by atoms with van der Waals surface area (Å²) in [4.78, 5) is 19.5. The topological polar surface area (TPSA) is 47.4 Å². The Bertz CT molecular complexity index is 946. The molecule has 1 aliphatic rings. The molecule has 5 heteroatoms. The first-order chi connectivity index (χ1) is 13.2. The summed E-state index contributed by atoms with van der Waals surface area (Å²) in [5.41, 5.74) is 3.09. The number of amides is 1. The zero-order valence-electron chi connectivity index (χ0n) is 15.9. The molecule has 1 atom stereocenters. The largest absolute Gasteiger partial charge is 0.497 e. The zero-order chi connectivity index (χ0) is 18.8. The third-order valence-corrected chi connectivity index (χ3v) is 5.29. The Labute approximate surface area is 159 Å². The molecule has 4 rings (SSSR count). The van der Waals surface area contributed by atoms with E-state index in [9.17, 15) is 4.79 Å². The normalized spacial score (nSPS) is 17.0. The summed E-state index contributed by atoms with van der Waals surface area (Å²) in [6.45, 7) is 3.81. The molecule has 1 aromatic heterocycles. The number of carbonyl (C=O) groups excluding carboxylic acids is 1. The van der Waals surface area contributed by atoms with Gasteiger partial charge < -0.3 is 14.2 Å². The second kappa shape index (κ2) is 7.43. The molecule has 0 unspecified atom stereocenters. The molecule has 3 aromatic rings. The number of anilines is 1. The number of imidazole rings is 1. The van der Waals surface area contributed by atoms with Gasteiger partial charge in [-0.15, -0.1) is 0 Å². The lowest BCUT2D eigenvalue weighted by atomic mass is 10.1. The lowest BCUT2D eigenvalue weighted by molar-refractivity contribution is -0.117. The van der Waals surface area contributed by atoms with Crippen molar-refractivity contribution >= 4 is 22.6 Å². The Morgan fingerprint density at radius 1 is 1.15 bits per heavy atom. The van der Waals surface area contributed by atoms with Crippen molar-refractivity contribution in [1.82, 2.24) is 9.55 Å². The van der Waals surface area contributed by atoms with E-state index in [0.29, 0.717) is 13.0 Å². The first-order valence-electron chi connectivity index (χ1n) is 9.61. The zero-order valence-corrected chi connectivity index (χ0v) is 15.9. The van der Waals surface area contributed by atoms with Crippen LogP contribution >= 0.6 is 0 Å². The summed E-state index contributed by atoms with van der Waals surface area (Å²) in [5.74, 6) is 2.10. The maximum atomic E-state index is 12.7. The summed E-state index contributed by atoms with van der Waals surface area (Å²) in [6, 6.07) is 15.9. The molecule has 0 N–H and O–H groups in total. The third kappa shape index (κ3) is 3.29. The van der Waals surface area contributed by atoms with Crippen molar-refractivity contribution in [3.05, 3.63) is 54.4 Å². The Morgan fingerprint density at radius 3 is 2.67 bits per heavy atom. The number of hydrogen-bond acceptors (Lipinski definition) is 3. The number of methoxy groups -OCH3 is 1. The van der Waals surface area contributed by atoms with Gasteiger partial charge in [0.2, 0.25) is 5.91 Å². The van der Waals surface area contributed by atoms with Crippen molar-refractivity contribution < 1.29 is 9.53 Å². The average Bonchev–Trinajstić information content (AvgIpc) is 3.27. The van der Waals surface area contributed by atoms with Gasteiger partial charge in [-0.3, -0.25) is 4.79 Å². The molecule has 2 aromatic carbocycles. The molecule has 1 fully saturated rings. The van der Waals surface area contributed by atoms with Crippen LogP contribution in [0.3, 0.4) is 0 Å². The Morgan fingerprint density at radius 2 is 1.93 bits per heavy atom. The molecule has 1 aliphatic heterocycles. The third-order valence-electron chi connectivity index (χ3n) is 5.29. The number of benzene rings is 2. The van der Waals surface area contributed by atoms with Crippen molar-refractivity contribution in [3.63, 3.8) is 0 Å². The highest BCUT2D eigenvalue weighted by atomic mass is 16.5. The second-order valence-corrected chi connectivity index (χ2v) is 7.07. The van der Waals surface area contributed by atoms with Crippen molar-refractivity contribution in [2.75, 3.05) is 18.6 Å². The minimum Gasteiger partial charge on any atom is -0.497 e. The molecule has 0 saturated carbocycles. The van der Waals surface area contributed by atoms with Crippen LogP contribution in [0.4, 0.5) is 5.69 Å². The number of para-hydroxylation sites is 2. The van der Waals surface area contributed by atoms with Gasteiger partial charge >= 0.3 is 0 Å². The number of aryl methyl sites for hydroxylation is 1. The summed E-state index contributed by atoms with van der Waals surface area (Å²) < 4.78 is 7.53. The molecule has 0 radical (unpaired) electrons. The van der Waals surface area contributed by atoms with Crippen LogP contribution in [-0.2, 0) is 11.3 Å². The van der Waals surface area contributed by atoms with E-state index in [-0.39, 0.29) is 11.8 Å². The summed E-state index contributed by atoms with van der Waals surface area (Å²) in [5, 5.41) is 0. The van der Waals surface area contributed by atoms with Crippen LogP contribution in [0.5, 0.6) is 5.75 Å². The number of carbonyl (C=O) groups is 1. The number of aromatic nitrogens is 2. The number of ether oxygens (including phenoxy) is 1. The van der Waals surface area contributed by atoms with Gasteiger partial charge in [0.25, 0.3) is 0 Å². The molecule has 0 spiro atoms. The maximum absolute atomic E-state index is 12.7. The number of unbranched alkanes of at least 4 members (excludes halogenated alkanes) is 1. The molecule has 0 bridgehead atoms. The first kappa shape index (κ1) is 17.6. The highest BCUT2D eigenvalue weighted by Crippen LogP contribution is 2.34. The van der Waals surface area contributed by atoms with Crippen LogP contribution in [0.2, 0.25) is 0 Å². The van der Waals surface area contributed by atoms with Crippen molar-refractivity contribution in [3.8, 4) is 5.75 Å². The lowest BCUT2D eigenvalue weighted by Crippen LogP contribution is -2.24. The summed E-state index contributed by atoms with van der Waals surface area (Å²) >= 11 is 0. The van der Waals surface area contributed by atoms with Crippen molar-refractivity contribution in [2.24, 2.45) is 0 Å². The predicted molar refractivity (Wildman–Crippen MR) is 107 cm³/mol. The van der Waals surface area contributed by atoms with Crippen LogP contribution in [0.15, 0.2) is 48.5 Å². The van der Waals surface area contributed by atoms with Gasteiger partial charge in [0.1, 0.15) is 11.6 Å². The van der Waals surface area contributed by atoms with Gasteiger partial charge in [-0.2, -0.15) is 0 Å². The predicted octanol–water partition coefficient (Wildman–Crippen LogP) is 4.37. The molecule has 0 aliphatic carbocycles. The molecular formula is C22H25N3O2. The fourth-order valence-electron chi connectivity index (χ4n) is 3.85. The van der Waals surface area contributed by atoms with Crippen LogP contribution in [0, 0.1) is 0 Å². The number of hydrogen-bond donors (Lipinski definition) is 0. The summed E-state index contributed by atoms with van der Waals surface area (Å²) in [7, 11) is 1.65. The van der Waals surface area contributed by atoms with Crippen molar-refractivity contribution in [2.45, 2.75) is 38.6 Å². The minimum absolute atomic E-state index is 0.115. The van der Waals surface area contributed by atoms with E-state index in [4.69, 9.17) is 9.72 Å². The van der Waals surface area contributed by atoms with Gasteiger partial charge in [0, 0.05) is 31.1 Å². The van der Waals surface area contributed by atoms with Gasteiger partial charge in [-0.05, 0) is 42.8 Å². The monoisotopic (exact) mass is 363 g/mol. The van der Waals surface area contributed by atoms with E-state index in [1.807, 2.05) is 35.2 Å². The van der Waals surface area contributed by atoms with E-state index in [0.717, 1.165) is 47.7 Å². The molecule has 27 heavy (non-hydrogen) atoms. The molecule has 5 nitrogen and oxygen atoms in total. The van der Waals surface area contributed by atoms with Crippen LogP contribution in [0.25, 0.3) is 11.0 Å². The molecule has 1 amide bonds. The SMILES string of the molecule is CCCCn1c([C@H]2CC(=O)N(c3ccc(OC)cc3)C2)nc2ccccc21. The van der Waals surface area contributed by atoms with Gasteiger partial charge in [-0.25, -0.2) is 4.98 Å². The minimum atomic E-state index is 0.115. The second-order valence-electron chi connectivity index (χ2n) is 7.07. The van der Waals surface area contributed by atoms with Crippen LogP contribution in [-0.4, -0.2) is 29.1 Å². The van der Waals surface area contributed by atoms with E-state index in [2.05, 4.69) is 29.7 Å².